The molecule has 0 saturated heterocycles. The highest BCUT2D eigenvalue weighted by atomic mass is 32.2. The van der Waals surface area contributed by atoms with Crippen LogP contribution in [0.4, 0.5) is 13.2 Å². The molecule has 8 heteroatoms. The molecule has 2 atom stereocenters. The summed E-state index contributed by atoms with van der Waals surface area (Å²) in [6.45, 7) is 4.61. The number of carboxylic acids is 1. The maximum absolute atomic E-state index is 14.0. The number of benzene rings is 1. The normalized spacial score (nSPS) is 16.4. The van der Waals surface area contributed by atoms with Crippen molar-refractivity contribution in [1.29, 1.82) is 0 Å². The first-order valence-electron chi connectivity index (χ1n) is 6.45. The SMILES string of the molecule is CC(C)(C)[S@+]([O-])NC(CC(=O)O)(c1ccccc1F)C(F)F. The second-order valence-corrected chi connectivity index (χ2v) is 7.77. The summed E-state index contributed by atoms with van der Waals surface area (Å²) in [7, 11) is 0. The van der Waals surface area contributed by atoms with Gasteiger partial charge in [-0.15, -0.1) is 4.72 Å². The number of hydrogen-bond donors (Lipinski definition) is 2. The molecule has 0 aliphatic carbocycles. The summed E-state index contributed by atoms with van der Waals surface area (Å²) in [5, 5.41) is 8.97. The lowest BCUT2D eigenvalue weighted by atomic mass is 9.87. The molecule has 0 fully saturated rings. The average Bonchev–Trinajstić information content (AvgIpc) is 2.36. The molecule has 22 heavy (non-hydrogen) atoms. The number of halogens is 3. The maximum atomic E-state index is 14.0. The number of carboxylic acid groups (broad SMARTS) is 1. The summed E-state index contributed by atoms with van der Waals surface area (Å²) >= 11 is -2.01. The molecule has 0 radical (unpaired) electrons. The van der Waals surface area contributed by atoms with Crippen LogP contribution in [0.2, 0.25) is 0 Å². The molecular formula is C14H18F3NO3S. The molecule has 1 aromatic rings. The van der Waals surface area contributed by atoms with Crippen molar-refractivity contribution in [2.24, 2.45) is 0 Å². The van der Waals surface area contributed by atoms with Crippen molar-refractivity contribution in [3.8, 4) is 0 Å². The Balaban J connectivity index is 3.42. The van der Waals surface area contributed by atoms with Crippen molar-refractivity contribution in [2.45, 2.75) is 43.9 Å². The smallest absolute Gasteiger partial charge is 0.305 e. The van der Waals surface area contributed by atoms with Gasteiger partial charge in [-0.25, -0.2) is 13.2 Å². The van der Waals surface area contributed by atoms with Crippen LogP contribution in [0, 0.1) is 5.82 Å². The lowest BCUT2D eigenvalue weighted by molar-refractivity contribution is -0.140. The fourth-order valence-electron chi connectivity index (χ4n) is 1.81. The third kappa shape index (κ3) is 4.15. The Morgan fingerprint density at radius 2 is 1.91 bits per heavy atom. The van der Waals surface area contributed by atoms with E-state index in [0.29, 0.717) is 0 Å². The fraction of sp³-hybridized carbons (Fsp3) is 0.500. The van der Waals surface area contributed by atoms with E-state index in [1.807, 2.05) is 0 Å². The first-order chi connectivity index (χ1) is 10.0. The number of rotatable bonds is 6. The van der Waals surface area contributed by atoms with E-state index in [4.69, 9.17) is 5.11 Å². The molecule has 0 heterocycles. The fourth-order valence-corrected chi connectivity index (χ4v) is 2.71. The van der Waals surface area contributed by atoms with Crippen LogP contribution in [-0.4, -0.2) is 26.8 Å². The van der Waals surface area contributed by atoms with Crippen LogP contribution in [-0.2, 0) is 21.7 Å². The van der Waals surface area contributed by atoms with E-state index in [9.17, 15) is 22.5 Å². The van der Waals surface area contributed by atoms with Gasteiger partial charge in [-0.3, -0.25) is 4.79 Å². The summed E-state index contributed by atoms with van der Waals surface area (Å²) in [5.41, 5.74) is -3.10. The van der Waals surface area contributed by atoms with Gasteiger partial charge in [0.2, 0.25) is 0 Å². The zero-order valence-corrected chi connectivity index (χ0v) is 13.2. The molecule has 0 aliphatic heterocycles. The van der Waals surface area contributed by atoms with Crippen molar-refractivity contribution in [3.05, 3.63) is 35.6 Å². The zero-order chi connectivity index (χ0) is 17.1. The van der Waals surface area contributed by atoms with Crippen LogP contribution in [0.3, 0.4) is 0 Å². The summed E-state index contributed by atoms with van der Waals surface area (Å²) < 4.78 is 54.8. The Morgan fingerprint density at radius 3 is 2.32 bits per heavy atom. The summed E-state index contributed by atoms with van der Waals surface area (Å²) in [6.07, 6.45) is -4.38. The predicted octanol–water partition coefficient (Wildman–Crippen LogP) is 2.81. The maximum Gasteiger partial charge on any atom is 0.305 e. The minimum absolute atomic E-state index is 0.523. The molecule has 1 unspecified atom stereocenters. The van der Waals surface area contributed by atoms with Gasteiger partial charge < -0.3 is 9.66 Å². The van der Waals surface area contributed by atoms with E-state index in [2.05, 4.69) is 4.72 Å². The molecule has 0 saturated carbocycles. The predicted molar refractivity (Wildman–Crippen MR) is 77.4 cm³/mol. The number of alkyl halides is 2. The lowest BCUT2D eigenvalue weighted by Gasteiger charge is -2.36. The third-order valence-corrected chi connectivity index (χ3v) is 4.65. The van der Waals surface area contributed by atoms with Crippen LogP contribution in [0.5, 0.6) is 0 Å². The van der Waals surface area contributed by atoms with E-state index in [0.717, 1.165) is 12.1 Å². The van der Waals surface area contributed by atoms with E-state index in [1.54, 1.807) is 0 Å². The first kappa shape index (κ1) is 18.8. The first-order valence-corrected chi connectivity index (χ1v) is 7.60. The highest BCUT2D eigenvalue weighted by Gasteiger charge is 2.50. The summed E-state index contributed by atoms with van der Waals surface area (Å²) in [6, 6.07) is 4.64. The van der Waals surface area contributed by atoms with Gasteiger partial charge in [0, 0.05) is 16.9 Å². The Kier molecular flexibility index (Phi) is 5.89. The van der Waals surface area contributed by atoms with Gasteiger partial charge in [0.1, 0.15) is 10.6 Å². The van der Waals surface area contributed by atoms with Gasteiger partial charge in [-0.2, -0.15) is 0 Å². The molecule has 2 N–H and O–H groups in total. The van der Waals surface area contributed by atoms with E-state index in [1.165, 1.54) is 32.9 Å². The van der Waals surface area contributed by atoms with Crippen molar-refractivity contribution in [2.75, 3.05) is 0 Å². The van der Waals surface area contributed by atoms with E-state index in [-0.39, 0.29) is 0 Å². The van der Waals surface area contributed by atoms with Crippen molar-refractivity contribution in [1.82, 2.24) is 4.72 Å². The Morgan fingerprint density at radius 1 is 1.36 bits per heavy atom. The Hall–Kier alpha value is -1.25. The van der Waals surface area contributed by atoms with Gasteiger partial charge in [0.25, 0.3) is 6.43 Å². The highest BCUT2D eigenvalue weighted by molar-refractivity contribution is 7.90. The van der Waals surface area contributed by atoms with Crippen molar-refractivity contribution < 1.29 is 27.6 Å². The van der Waals surface area contributed by atoms with Gasteiger partial charge in [0.15, 0.2) is 5.54 Å². The standard InChI is InChI=1S/C14H18F3NO3S/c1-13(2,3)22(21)18-14(12(16)17,8-11(19)20)9-6-4-5-7-10(9)15/h4-7,12,18H,8H2,1-3H3,(H,19,20)/t14?,22-/m0/s1. The molecule has 0 aromatic heterocycles. The molecular weight excluding hydrogens is 319 g/mol. The minimum atomic E-state index is -3.27. The molecule has 0 bridgehead atoms. The second-order valence-electron chi connectivity index (χ2n) is 5.81. The summed E-state index contributed by atoms with van der Waals surface area (Å²) in [4.78, 5) is 11.0. The summed E-state index contributed by atoms with van der Waals surface area (Å²) in [5.74, 6) is -2.54. The molecule has 0 amide bonds. The second kappa shape index (κ2) is 6.89. The molecule has 0 spiro atoms. The van der Waals surface area contributed by atoms with Gasteiger partial charge in [-0.05, 0) is 26.8 Å². The van der Waals surface area contributed by atoms with Gasteiger partial charge in [0.05, 0.1) is 6.42 Å². The third-order valence-electron chi connectivity index (χ3n) is 2.99. The van der Waals surface area contributed by atoms with Gasteiger partial charge in [-0.1, -0.05) is 18.2 Å². The topological polar surface area (TPSA) is 72.4 Å². The molecule has 0 aliphatic rings. The number of nitrogens with one attached hydrogen (secondary N) is 1. The molecule has 1 rings (SSSR count). The molecule has 124 valence electrons. The van der Waals surface area contributed by atoms with Crippen LogP contribution in [0.25, 0.3) is 0 Å². The Bertz CT molecular complexity index is 536. The Labute approximate surface area is 130 Å². The van der Waals surface area contributed by atoms with Gasteiger partial charge >= 0.3 is 5.97 Å². The largest absolute Gasteiger partial charge is 0.598 e. The number of aliphatic carboxylic acids is 1. The van der Waals surface area contributed by atoms with Crippen LogP contribution in [0.15, 0.2) is 24.3 Å². The van der Waals surface area contributed by atoms with Crippen molar-refractivity contribution >= 4 is 17.3 Å². The molecule has 4 nitrogen and oxygen atoms in total. The quantitative estimate of drug-likeness (QED) is 0.783. The highest BCUT2D eigenvalue weighted by Crippen LogP contribution is 2.36. The number of hydrogen-bond acceptors (Lipinski definition) is 3. The minimum Gasteiger partial charge on any atom is -0.598 e. The lowest BCUT2D eigenvalue weighted by Crippen LogP contribution is -2.56. The van der Waals surface area contributed by atoms with Crippen LogP contribution in [0.1, 0.15) is 32.8 Å². The van der Waals surface area contributed by atoms with Crippen LogP contribution < -0.4 is 4.72 Å². The average molecular weight is 337 g/mol. The van der Waals surface area contributed by atoms with Crippen LogP contribution >= 0.6 is 0 Å². The zero-order valence-electron chi connectivity index (χ0n) is 12.4. The van der Waals surface area contributed by atoms with E-state index >= 15 is 0 Å². The monoisotopic (exact) mass is 337 g/mol. The number of carbonyl (C=O) groups is 1. The van der Waals surface area contributed by atoms with E-state index < -0.39 is 51.8 Å². The molecule has 1 aromatic carbocycles. The van der Waals surface area contributed by atoms with Crippen molar-refractivity contribution in [3.63, 3.8) is 0 Å².